The van der Waals surface area contributed by atoms with Crippen LogP contribution in [0, 0.1) is 0 Å². The summed E-state index contributed by atoms with van der Waals surface area (Å²) < 4.78 is 1.50. The van der Waals surface area contributed by atoms with Gasteiger partial charge in [-0.2, -0.15) is 0 Å². The van der Waals surface area contributed by atoms with Crippen LogP contribution in [0.25, 0.3) is 0 Å². The summed E-state index contributed by atoms with van der Waals surface area (Å²) in [6.45, 7) is 2.20. The standard InChI is InChI=1S/C21H24N6O/c28-21(20(27-16-22-24-25-27)15-17-7-3-1-4-8-17)23-18-9-11-19(12-10-18)26-13-5-2-6-14-26/h1,3-4,7-12,16,20H,2,5-6,13-15H2,(H,23,28)/t20-/m0/s1. The molecule has 1 aliphatic heterocycles. The molecule has 0 radical (unpaired) electrons. The fourth-order valence-corrected chi connectivity index (χ4v) is 3.59. The van der Waals surface area contributed by atoms with E-state index < -0.39 is 6.04 Å². The Hall–Kier alpha value is -3.22. The number of tetrazole rings is 1. The lowest BCUT2D eigenvalue weighted by atomic mass is 10.1. The van der Waals surface area contributed by atoms with Gasteiger partial charge in [-0.05, 0) is 59.5 Å². The molecule has 0 spiro atoms. The topological polar surface area (TPSA) is 75.9 Å². The first kappa shape index (κ1) is 18.2. The molecule has 4 rings (SSSR count). The van der Waals surface area contributed by atoms with Gasteiger partial charge in [-0.15, -0.1) is 5.10 Å². The fraction of sp³-hybridized carbons (Fsp3) is 0.333. The molecule has 0 unspecified atom stereocenters. The average Bonchev–Trinajstić information content (AvgIpc) is 3.28. The summed E-state index contributed by atoms with van der Waals surface area (Å²) in [5.74, 6) is -0.137. The normalized spacial score (nSPS) is 15.2. The van der Waals surface area contributed by atoms with Crippen molar-refractivity contribution in [2.24, 2.45) is 0 Å². The maximum absolute atomic E-state index is 13.0. The predicted molar refractivity (Wildman–Crippen MR) is 108 cm³/mol. The van der Waals surface area contributed by atoms with Crippen molar-refractivity contribution in [3.63, 3.8) is 0 Å². The summed E-state index contributed by atoms with van der Waals surface area (Å²) in [4.78, 5) is 15.4. The molecular weight excluding hydrogens is 352 g/mol. The predicted octanol–water partition coefficient (Wildman–Crippen LogP) is 3.09. The highest BCUT2D eigenvalue weighted by Gasteiger charge is 2.22. The van der Waals surface area contributed by atoms with Gasteiger partial charge in [-0.25, -0.2) is 4.68 Å². The summed E-state index contributed by atoms with van der Waals surface area (Å²) >= 11 is 0. The summed E-state index contributed by atoms with van der Waals surface area (Å²) in [6, 6.07) is 17.4. The average molecular weight is 376 g/mol. The van der Waals surface area contributed by atoms with Crippen LogP contribution in [0.4, 0.5) is 11.4 Å². The first-order valence-corrected chi connectivity index (χ1v) is 9.72. The lowest BCUT2D eigenvalue weighted by Gasteiger charge is -2.28. The highest BCUT2D eigenvalue weighted by molar-refractivity contribution is 5.94. The third kappa shape index (κ3) is 4.36. The number of piperidine rings is 1. The Morgan fingerprint density at radius 2 is 1.75 bits per heavy atom. The first-order chi connectivity index (χ1) is 13.8. The van der Waals surface area contributed by atoms with Crippen LogP contribution in [0.15, 0.2) is 60.9 Å². The molecule has 1 saturated heterocycles. The van der Waals surface area contributed by atoms with E-state index >= 15 is 0 Å². The van der Waals surface area contributed by atoms with Gasteiger partial charge in [0.25, 0.3) is 0 Å². The SMILES string of the molecule is O=C(Nc1ccc(N2CCCCC2)cc1)[C@H](Cc1ccccc1)n1cnnn1. The van der Waals surface area contributed by atoms with Gasteiger partial charge in [-0.1, -0.05) is 30.3 Å². The van der Waals surface area contributed by atoms with Crippen LogP contribution in [0.2, 0.25) is 0 Å². The highest BCUT2D eigenvalue weighted by atomic mass is 16.2. The van der Waals surface area contributed by atoms with Crippen molar-refractivity contribution in [2.45, 2.75) is 31.7 Å². The molecule has 2 aromatic carbocycles. The number of rotatable bonds is 6. The quantitative estimate of drug-likeness (QED) is 0.715. The molecule has 1 N–H and O–H groups in total. The van der Waals surface area contributed by atoms with Gasteiger partial charge in [-0.3, -0.25) is 4.79 Å². The van der Waals surface area contributed by atoms with E-state index in [2.05, 4.69) is 37.9 Å². The van der Waals surface area contributed by atoms with Gasteiger partial charge < -0.3 is 10.2 Å². The zero-order valence-corrected chi connectivity index (χ0v) is 15.7. The molecule has 1 fully saturated rings. The Kier molecular flexibility index (Phi) is 5.61. The molecule has 2 heterocycles. The van der Waals surface area contributed by atoms with Gasteiger partial charge in [0.1, 0.15) is 12.4 Å². The minimum absolute atomic E-state index is 0.137. The molecule has 7 nitrogen and oxygen atoms in total. The van der Waals surface area contributed by atoms with Crippen LogP contribution >= 0.6 is 0 Å². The second-order valence-electron chi connectivity index (χ2n) is 7.08. The third-order valence-corrected chi connectivity index (χ3v) is 5.11. The lowest BCUT2D eigenvalue weighted by molar-refractivity contribution is -0.119. The summed E-state index contributed by atoms with van der Waals surface area (Å²) in [5.41, 5.74) is 3.04. The number of aromatic nitrogens is 4. The molecule has 1 amide bonds. The maximum atomic E-state index is 13.0. The van der Waals surface area contributed by atoms with Crippen LogP contribution in [0.3, 0.4) is 0 Å². The molecule has 1 aromatic heterocycles. The maximum Gasteiger partial charge on any atom is 0.249 e. The van der Waals surface area contributed by atoms with E-state index in [1.807, 2.05) is 42.5 Å². The van der Waals surface area contributed by atoms with Crippen molar-refractivity contribution in [3.8, 4) is 0 Å². The summed E-state index contributed by atoms with van der Waals surface area (Å²) in [6.07, 6.45) is 5.79. The number of anilines is 2. The number of amides is 1. The second kappa shape index (κ2) is 8.65. The second-order valence-corrected chi connectivity index (χ2v) is 7.08. The molecule has 1 aliphatic rings. The number of nitrogens with zero attached hydrogens (tertiary/aromatic N) is 5. The molecule has 0 saturated carbocycles. The van der Waals surface area contributed by atoms with E-state index in [-0.39, 0.29) is 5.91 Å². The lowest BCUT2D eigenvalue weighted by Crippen LogP contribution is -2.29. The van der Waals surface area contributed by atoms with Gasteiger partial charge in [0.15, 0.2) is 0 Å². The Bertz CT molecular complexity index is 873. The van der Waals surface area contributed by atoms with Crippen LogP contribution in [0.1, 0.15) is 30.9 Å². The van der Waals surface area contributed by atoms with Gasteiger partial charge >= 0.3 is 0 Å². The minimum Gasteiger partial charge on any atom is -0.372 e. The largest absolute Gasteiger partial charge is 0.372 e. The zero-order valence-electron chi connectivity index (χ0n) is 15.7. The van der Waals surface area contributed by atoms with E-state index in [4.69, 9.17) is 0 Å². The Morgan fingerprint density at radius 3 is 2.43 bits per heavy atom. The van der Waals surface area contributed by atoms with Crippen LogP contribution in [0.5, 0.6) is 0 Å². The van der Waals surface area contributed by atoms with Crippen molar-refractivity contribution in [1.29, 1.82) is 0 Å². The van der Waals surface area contributed by atoms with Crippen LogP contribution < -0.4 is 10.2 Å². The number of nitrogens with one attached hydrogen (secondary N) is 1. The third-order valence-electron chi connectivity index (χ3n) is 5.11. The van der Waals surface area contributed by atoms with E-state index in [9.17, 15) is 4.79 Å². The van der Waals surface area contributed by atoms with Gasteiger partial charge in [0.2, 0.25) is 5.91 Å². The number of hydrogen-bond donors (Lipinski definition) is 1. The summed E-state index contributed by atoms with van der Waals surface area (Å²) in [5, 5.41) is 14.3. The first-order valence-electron chi connectivity index (χ1n) is 9.72. The zero-order chi connectivity index (χ0) is 19.2. The van der Waals surface area contributed by atoms with Gasteiger partial charge in [0.05, 0.1) is 0 Å². The van der Waals surface area contributed by atoms with Crippen molar-refractivity contribution >= 4 is 17.3 Å². The van der Waals surface area contributed by atoms with E-state index in [0.29, 0.717) is 6.42 Å². The molecule has 1 atom stereocenters. The van der Waals surface area contributed by atoms with Crippen molar-refractivity contribution in [2.75, 3.05) is 23.3 Å². The van der Waals surface area contributed by atoms with E-state index in [0.717, 1.165) is 24.3 Å². The number of benzene rings is 2. The van der Waals surface area contributed by atoms with Crippen LogP contribution in [-0.2, 0) is 11.2 Å². The molecular formula is C21H24N6O. The van der Waals surface area contributed by atoms with Crippen LogP contribution in [-0.4, -0.2) is 39.2 Å². The van der Waals surface area contributed by atoms with E-state index in [1.54, 1.807) is 0 Å². The number of carbonyl (C=O) groups excluding carboxylic acids is 1. The number of hydrogen-bond acceptors (Lipinski definition) is 5. The Morgan fingerprint density at radius 1 is 1.00 bits per heavy atom. The minimum atomic E-state index is -0.515. The van der Waals surface area contributed by atoms with Crippen molar-refractivity contribution < 1.29 is 4.79 Å². The molecule has 0 bridgehead atoms. The Labute approximate surface area is 164 Å². The summed E-state index contributed by atoms with van der Waals surface area (Å²) in [7, 11) is 0. The van der Waals surface area contributed by atoms with Crippen molar-refractivity contribution in [3.05, 3.63) is 66.5 Å². The van der Waals surface area contributed by atoms with Gasteiger partial charge in [0, 0.05) is 30.9 Å². The molecule has 28 heavy (non-hydrogen) atoms. The monoisotopic (exact) mass is 376 g/mol. The molecule has 7 heteroatoms. The molecule has 0 aliphatic carbocycles. The molecule has 144 valence electrons. The molecule has 3 aromatic rings. The van der Waals surface area contributed by atoms with Crippen molar-refractivity contribution in [1.82, 2.24) is 20.2 Å². The Balaban J connectivity index is 1.46. The van der Waals surface area contributed by atoms with E-state index in [1.165, 1.54) is 36.0 Å². The number of carbonyl (C=O) groups is 1. The fourth-order valence-electron chi connectivity index (χ4n) is 3.59. The highest BCUT2D eigenvalue weighted by Crippen LogP contribution is 2.23. The smallest absolute Gasteiger partial charge is 0.249 e.